The van der Waals surface area contributed by atoms with Crippen LogP contribution in [0.25, 0.3) is 10.9 Å². The number of ketones is 1. The highest BCUT2D eigenvalue weighted by molar-refractivity contribution is 6.11. The third kappa shape index (κ3) is 3.55. The van der Waals surface area contributed by atoms with Gasteiger partial charge in [-0.1, -0.05) is 18.2 Å². The molecule has 0 aliphatic heterocycles. The van der Waals surface area contributed by atoms with Gasteiger partial charge in [0.15, 0.2) is 12.7 Å². The van der Waals surface area contributed by atoms with Crippen LogP contribution in [-0.4, -0.2) is 34.6 Å². The number of nitrogens with one attached hydrogen (secondary N) is 1. The number of ether oxygens (including phenoxy) is 2. The lowest BCUT2D eigenvalue weighted by Gasteiger charge is -2.12. The van der Waals surface area contributed by atoms with E-state index in [4.69, 9.17) is 14.0 Å². The summed E-state index contributed by atoms with van der Waals surface area (Å²) in [7, 11) is 0. The Bertz CT molecular complexity index is 925. The minimum absolute atomic E-state index is 0.195. The summed E-state index contributed by atoms with van der Waals surface area (Å²) in [6.45, 7) is 4.72. The molecule has 0 saturated carbocycles. The van der Waals surface area contributed by atoms with E-state index in [2.05, 4.69) is 10.1 Å². The first kappa shape index (κ1) is 16.8. The molecule has 130 valence electrons. The molecule has 0 aliphatic rings. The number of esters is 1. The van der Waals surface area contributed by atoms with E-state index in [0.29, 0.717) is 11.3 Å². The van der Waals surface area contributed by atoms with Gasteiger partial charge in [0.1, 0.15) is 5.76 Å². The Morgan fingerprint density at radius 3 is 2.76 bits per heavy atom. The van der Waals surface area contributed by atoms with E-state index in [-0.39, 0.29) is 18.3 Å². The van der Waals surface area contributed by atoms with E-state index in [9.17, 15) is 9.59 Å². The van der Waals surface area contributed by atoms with Gasteiger partial charge in [-0.25, -0.2) is 4.79 Å². The summed E-state index contributed by atoms with van der Waals surface area (Å²) < 4.78 is 15.2. The second-order valence-corrected chi connectivity index (χ2v) is 5.73. The van der Waals surface area contributed by atoms with Crippen molar-refractivity contribution in [3.63, 3.8) is 0 Å². The number of H-pyrrole nitrogens is 1. The maximum absolute atomic E-state index is 12.7. The molecule has 3 rings (SSSR count). The molecule has 0 saturated heterocycles. The van der Waals surface area contributed by atoms with E-state index in [1.165, 1.54) is 0 Å². The van der Waals surface area contributed by atoms with Crippen molar-refractivity contribution in [3.05, 3.63) is 47.3 Å². The van der Waals surface area contributed by atoms with Gasteiger partial charge >= 0.3 is 5.97 Å². The fraction of sp³-hybridized carbons (Fsp3) is 0.278. The van der Waals surface area contributed by atoms with Gasteiger partial charge in [0.2, 0.25) is 5.78 Å². The number of Topliss-reactive ketones (excluding diaryl/α,β-unsaturated/α-hetero) is 1. The maximum Gasteiger partial charge on any atom is 0.344 e. The molecule has 0 fully saturated rings. The number of para-hydroxylation sites is 1. The number of aryl methyl sites for hydroxylation is 2. The highest BCUT2D eigenvalue weighted by Gasteiger charge is 2.24. The number of carbonyl (C=O) groups excluding carboxylic acids is 2. The van der Waals surface area contributed by atoms with Crippen LogP contribution in [0.5, 0.6) is 5.88 Å². The second kappa shape index (κ2) is 6.80. The summed E-state index contributed by atoms with van der Waals surface area (Å²) >= 11 is 0. The molecule has 0 amide bonds. The Kier molecular flexibility index (Phi) is 4.56. The van der Waals surface area contributed by atoms with Gasteiger partial charge in [-0.15, -0.1) is 0 Å². The topological polar surface area (TPSA) is 94.4 Å². The summed E-state index contributed by atoms with van der Waals surface area (Å²) in [4.78, 5) is 27.7. The molecule has 25 heavy (non-hydrogen) atoms. The Hall–Kier alpha value is -3.09. The Morgan fingerprint density at radius 1 is 1.28 bits per heavy atom. The molecule has 2 aromatic heterocycles. The third-order valence-corrected chi connectivity index (χ3v) is 3.76. The monoisotopic (exact) mass is 342 g/mol. The van der Waals surface area contributed by atoms with Crippen LogP contribution in [-0.2, 0) is 9.53 Å². The van der Waals surface area contributed by atoms with Gasteiger partial charge in [-0.3, -0.25) is 4.79 Å². The first-order valence-electron chi connectivity index (χ1n) is 7.83. The lowest BCUT2D eigenvalue weighted by atomic mass is 10.0. The standard InChI is InChI=1S/C18H18N2O5/c1-10-8-15(20-25-10)23-9-16(21)24-12(3)18(22)17-11(2)19-14-7-5-4-6-13(14)17/h4-8,12,19H,9H2,1-3H3/t12-/m1/s1. The number of aromatic nitrogens is 2. The van der Waals surface area contributed by atoms with Crippen molar-refractivity contribution in [1.29, 1.82) is 0 Å². The van der Waals surface area contributed by atoms with Gasteiger partial charge < -0.3 is 19.0 Å². The molecule has 3 aromatic rings. The molecule has 7 nitrogen and oxygen atoms in total. The molecule has 7 heteroatoms. The molecule has 0 spiro atoms. The van der Waals surface area contributed by atoms with Crippen molar-refractivity contribution in [2.45, 2.75) is 26.9 Å². The fourth-order valence-electron chi connectivity index (χ4n) is 2.63. The maximum atomic E-state index is 12.7. The number of hydrogen-bond acceptors (Lipinski definition) is 6. The van der Waals surface area contributed by atoms with E-state index >= 15 is 0 Å². The first-order chi connectivity index (χ1) is 12.0. The lowest BCUT2D eigenvalue weighted by molar-refractivity contribution is -0.148. The van der Waals surface area contributed by atoms with Gasteiger partial charge in [0.05, 0.1) is 0 Å². The van der Waals surface area contributed by atoms with Crippen LogP contribution in [0.4, 0.5) is 0 Å². The van der Waals surface area contributed by atoms with Crippen LogP contribution in [0.3, 0.4) is 0 Å². The highest BCUT2D eigenvalue weighted by atomic mass is 16.6. The molecular formula is C18H18N2O5. The van der Waals surface area contributed by atoms with Crippen LogP contribution in [0.2, 0.25) is 0 Å². The van der Waals surface area contributed by atoms with Crippen molar-refractivity contribution in [1.82, 2.24) is 10.1 Å². The van der Waals surface area contributed by atoms with Crippen LogP contribution in [0.15, 0.2) is 34.9 Å². The Labute approximate surface area is 143 Å². The lowest BCUT2D eigenvalue weighted by Crippen LogP contribution is -2.27. The zero-order valence-electron chi connectivity index (χ0n) is 14.2. The molecule has 0 bridgehead atoms. The molecule has 0 radical (unpaired) electrons. The molecule has 1 N–H and O–H groups in total. The van der Waals surface area contributed by atoms with Crippen molar-refractivity contribution >= 4 is 22.7 Å². The number of aromatic amines is 1. The predicted octanol–water partition coefficient (Wildman–Crippen LogP) is 2.97. The number of carbonyl (C=O) groups is 2. The van der Waals surface area contributed by atoms with Gasteiger partial charge in [0, 0.05) is 28.2 Å². The minimum Gasteiger partial charge on any atom is -0.463 e. The average molecular weight is 342 g/mol. The smallest absolute Gasteiger partial charge is 0.344 e. The Morgan fingerprint density at radius 2 is 2.04 bits per heavy atom. The normalized spacial score (nSPS) is 12.1. The number of rotatable bonds is 6. The highest BCUT2D eigenvalue weighted by Crippen LogP contribution is 2.23. The van der Waals surface area contributed by atoms with Gasteiger partial charge in [0.25, 0.3) is 5.88 Å². The summed E-state index contributed by atoms with van der Waals surface area (Å²) in [6, 6.07) is 9.05. The largest absolute Gasteiger partial charge is 0.463 e. The van der Waals surface area contributed by atoms with Gasteiger partial charge in [-0.05, 0) is 32.0 Å². The van der Waals surface area contributed by atoms with E-state index in [0.717, 1.165) is 16.6 Å². The van der Waals surface area contributed by atoms with E-state index in [1.54, 1.807) is 19.9 Å². The zero-order valence-corrected chi connectivity index (χ0v) is 14.2. The van der Waals surface area contributed by atoms with Crippen LogP contribution < -0.4 is 4.74 Å². The molecule has 1 aromatic carbocycles. The zero-order chi connectivity index (χ0) is 18.0. The first-order valence-corrected chi connectivity index (χ1v) is 7.83. The van der Waals surface area contributed by atoms with Gasteiger partial charge in [-0.2, -0.15) is 0 Å². The van der Waals surface area contributed by atoms with Crippen molar-refractivity contribution in [3.8, 4) is 5.88 Å². The second-order valence-electron chi connectivity index (χ2n) is 5.73. The number of benzene rings is 1. The van der Waals surface area contributed by atoms with Crippen LogP contribution in [0.1, 0.15) is 28.7 Å². The van der Waals surface area contributed by atoms with E-state index < -0.39 is 12.1 Å². The minimum atomic E-state index is -0.923. The molecule has 0 aliphatic carbocycles. The molecular weight excluding hydrogens is 324 g/mol. The Balaban J connectivity index is 1.65. The summed E-state index contributed by atoms with van der Waals surface area (Å²) in [5.74, 6) is -0.151. The average Bonchev–Trinajstić information content (AvgIpc) is 3.14. The summed E-state index contributed by atoms with van der Waals surface area (Å²) in [6.07, 6.45) is -0.923. The van der Waals surface area contributed by atoms with E-state index in [1.807, 2.05) is 31.2 Å². The quantitative estimate of drug-likeness (QED) is 0.547. The number of hydrogen-bond donors (Lipinski definition) is 1. The van der Waals surface area contributed by atoms with Crippen LogP contribution in [0, 0.1) is 13.8 Å². The summed E-state index contributed by atoms with van der Waals surface area (Å²) in [5, 5.41) is 4.42. The third-order valence-electron chi connectivity index (χ3n) is 3.76. The van der Waals surface area contributed by atoms with Crippen molar-refractivity contribution in [2.75, 3.05) is 6.61 Å². The van der Waals surface area contributed by atoms with Crippen molar-refractivity contribution < 1.29 is 23.6 Å². The SMILES string of the molecule is Cc1cc(OCC(=O)O[C@H](C)C(=O)c2c(C)[nH]c3ccccc23)no1. The predicted molar refractivity (Wildman–Crippen MR) is 89.7 cm³/mol. The number of fused-ring (bicyclic) bond motifs is 1. The molecule has 0 unspecified atom stereocenters. The number of nitrogens with zero attached hydrogens (tertiary/aromatic N) is 1. The molecule has 1 atom stereocenters. The van der Waals surface area contributed by atoms with Crippen LogP contribution >= 0.6 is 0 Å². The van der Waals surface area contributed by atoms with Crippen molar-refractivity contribution in [2.24, 2.45) is 0 Å². The summed E-state index contributed by atoms with van der Waals surface area (Å²) in [5.41, 5.74) is 2.14. The molecule has 2 heterocycles. The fourth-order valence-corrected chi connectivity index (χ4v) is 2.63.